The van der Waals surface area contributed by atoms with Crippen LogP contribution in [0.1, 0.15) is 49.4 Å². The first-order valence-electron chi connectivity index (χ1n) is 6.97. The van der Waals surface area contributed by atoms with Crippen molar-refractivity contribution in [3.8, 4) is 0 Å². The number of esters is 1. The Kier molecular flexibility index (Phi) is 5.15. The van der Waals surface area contributed by atoms with Crippen molar-refractivity contribution in [2.24, 2.45) is 0 Å². The van der Waals surface area contributed by atoms with Crippen molar-refractivity contribution in [2.45, 2.75) is 20.8 Å². The van der Waals surface area contributed by atoms with Crippen molar-refractivity contribution >= 4 is 33.5 Å². The summed E-state index contributed by atoms with van der Waals surface area (Å²) in [4.78, 5) is 38.6. The second-order valence-corrected chi connectivity index (χ2v) is 6.10. The zero-order valence-electron chi connectivity index (χ0n) is 13.0. The van der Waals surface area contributed by atoms with Crippen molar-refractivity contribution in [3.63, 3.8) is 0 Å². The van der Waals surface area contributed by atoms with Gasteiger partial charge in [0, 0.05) is 15.7 Å². The summed E-state index contributed by atoms with van der Waals surface area (Å²) in [5.41, 5.74) is 2.39. The molecule has 0 aliphatic heterocycles. The van der Waals surface area contributed by atoms with E-state index in [4.69, 9.17) is 4.74 Å². The number of carbonyl (C=O) groups is 3. The summed E-state index contributed by atoms with van der Waals surface area (Å²) in [6.45, 7) is 4.50. The molecule has 0 aliphatic carbocycles. The number of aryl methyl sites for hydroxylation is 1. The number of rotatable bonds is 5. The van der Waals surface area contributed by atoms with Crippen LogP contribution in [-0.4, -0.2) is 29.1 Å². The van der Waals surface area contributed by atoms with Gasteiger partial charge in [0.2, 0.25) is 5.78 Å². The number of ether oxygens (including phenoxy) is 1. The molecule has 1 aromatic carbocycles. The van der Waals surface area contributed by atoms with Gasteiger partial charge < -0.3 is 9.72 Å². The topological polar surface area (TPSA) is 76.2 Å². The minimum atomic E-state index is -0.571. The first-order valence-corrected chi connectivity index (χ1v) is 7.76. The number of nitrogens with one attached hydrogen (secondary N) is 1. The maximum atomic E-state index is 12.2. The van der Waals surface area contributed by atoms with E-state index in [-0.39, 0.29) is 18.2 Å². The molecule has 0 radical (unpaired) electrons. The number of aromatic amines is 1. The Morgan fingerprint density at radius 1 is 1.13 bits per heavy atom. The van der Waals surface area contributed by atoms with Crippen LogP contribution in [-0.2, 0) is 4.74 Å². The second kappa shape index (κ2) is 6.91. The average molecular weight is 378 g/mol. The van der Waals surface area contributed by atoms with E-state index in [0.29, 0.717) is 28.1 Å². The van der Waals surface area contributed by atoms with Gasteiger partial charge in [0.05, 0.1) is 11.3 Å². The summed E-state index contributed by atoms with van der Waals surface area (Å²) in [6.07, 6.45) is 0. The molecule has 0 bridgehead atoms. The van der Waals surface area contributed by atoms with Crippen molar-refractivity contribution < 1.29 is 19.1 Å². The summed E-state index contributed by atoms with van der Waals surface area (Å²) in [7, 11) is 0. The van der Waals surface area contributed by atoms with Crippen LogP contribution in [0.25, 0.3) is 0 Å². The lowest BCUT2D eigenvalue weighted by Gasteiger charge is -2.04. The lowest BCUT2D eigenvalue weighted by Crippen LogP contribution is -2.15. The summed E-state index contributed by atoms with van der Waals surface area (Å²) in [5, 5.41) is 0. The Morgan fingerprint density at radius 2 is 1.74 bits per heavy atom. The minimum Gasteiger partial charge on any atom is -0.454 e. The number of carbonyl (C=O) groups excluding carboxylic acids is 3. The van der Waals surface area contributed by atoms with Gasteiger partial charge in [-0.15, -0.1) is 0 Å². The fraction of sp³-hybridized carbons (Fsp3) is 0.235. The quantitative estimate of drug-likeness (QED) is 0.637. The largest absolute Gasteiger partial charge is 0.454 e. The van der Waals surface area contributed by atoms with Crippen molar-refractivity contribution in [3.05, 3.63) is 56.8 Å². The Bertz CT molecular complexity index is 775. The maximum absolute atomic E-state index is 12.2. The Hall–Kier alpha value is -2.21. The zero-order chi connectivity index (χ0) is 17.1. The van der Waals surface area contributed by atoms with Gasteiger partial charge in [-0.2, -0.15) is 0 Å². The van der Waals surface area contributed by atoms with Crippen molar-refractivity contribution in [1.82, 2.24) is 4.98 Å². The zero-order valence-corrected chi connectivity index (χ0v) is 14.6. The van der Waals surface area contributed by atoms with Crippen LogP contribution in [0.4, 0.5) is 0 Å². The molecular weight excluding hydrogens is 362 g/mol. The summed E-state index contributed by atoms with van der Waals surface area (Å²) in [5.74, 6) is -1.05. The van der Waals surface area contributed by atoms with Gasteiger partial charge in [-0.3, -0.25) is 9.59 Å². The second-order valence-electron chi connectivity index (χ2n) is 5.19. The molecule has 6 heteroatoms. The summed E-state index contributed by atoms with van der Waals surface area (Å²) in [6, 6.07) is 6.65. The van der Waals surface area contributed by atoms with Crippen LogP contribution in [0.2, 0.25) is 0 Å². The van der Waals surface area contributed by atoms with E-state index in [1.165, 1.54) is 6.92 Å². The molecule has 0 saturated heterocycles. The smallest absolute Gasteiger partial charge is 0.338 e. The monoisotopic (exact) mass is 377 g/mol. The number of halogens is 1. The van der Waals surface area contributed by atoms with Crippen LogP contribution in [0.3, 0.4) is 0 Å². The molecular formula is C17H16BrNO4. The normalized spacial score (nSPS) is 10.4. The molecule has 120 valence electrons. The van der Waals surface area contributed by atoms with Crippen LogP contribution in [0.15, 0.2) is 28.7 Å². The van der Waals surface area contributed by atoms with Gasteiger partial charge >= 0.3 is 5.97 Å². The van der Waals surface area contributed by atoms with Crippen LogP contribution >= 0.6 is 15.9 Å². The summed E-state index contributed by atoms with van der Waals surface area (Å²) < 4.78 is 5.89. The highest BCUT2D eigenvalue weighted by Gasteiger charge is 2.20. The number of hydrogen-bond donors (Lipinski definition) is 1. The lowest BCUT2D eigenvalue weighted by atomic mass is 10.1. The molecule has 23 heavy (non-hydrogen) atoms. The van der Waals surface area contributed by atoms with Crippen molar-refractivity contribution in [2.75, 3.05) is 6.61 Å². The first kappa shape index (κ1) is 17.1. The van der Waals surface area contributed by atoms with Gasteiger partial charge in [-0.05, 0) is 50.6 Å². The number of H-pyrrole nitrogens is 1. The highest BCUT2D eigenvalue weighted by Crippen LogP contribution is 2.19. The Morgan fingerprint density at radius 3 is 2.26 bits per heavy atom. The van der Waals surface area contributed by atoms with Crippen LogP contribution < -0.4 is 0 Å². The molecule has 0 atom stereocenters. The fourth-order valence-electron chi connectivity index (χ4n) is 2.43. The Balaban J connectivity index is 2.08. The fourth-order valence-corrected chi connectivity index (χ4v) is 2.69. The van der Waals surface area contributed by atoms with E-state index >= 15 is 0 Å². The van der Waals surface area contributed by atoms with Gasteiger partial charge in [0.15, 0.2) is 12.4 Å². The number of benzene rings is 1. The molecule has 5 nitrogen and oxygen atoms in total. The van der Waals surface area contributed by atoms with Gasteiger partial charge in [0.25, 0.3) is 0 Å². The molecule has 0 saturated carbocycles. The molecule has 0 fully saturated rings. The number of hydrogen-bond acceptors (Lipinski definition) is 4. The first-order chi connectivity index (χ1) is 10.8. The summed E-state index contributed by atoms with van der Waals surface area (Å²) >= 11 is 3.28. The number of aromatic nitrogens is 1. The van der Waals surface area contributed by atoms with E-state index < -0.39 is 5.97 Å². The Labute approximate surface area is 142 Å². The van der Waals surface area contributed by atoms with Gasteiger partial charge in [0.1, 0.15) is 0 Å². The highest BCUT2D eigenvalue weighted by molar-refractivity contribution is 9.10. The van der Waals surface area contributed by atoms with Gasteiger partial charge in [-0.25, -0.2) is 4.79 Å². The SMILES string of the molecule is CC(=O)c1c(C)[nH]c(C(=O)COC(=O)c2ccc(Br)cc2)c1C. The molecule has 2 rings (SSSR count). The third-order valence-electron chi connectivity index (χ3n) is 3.48. The molecule has 0 amide bonds. The molecule has 1 aromatic heterocycles. The third-order valence-corrected chi connectivity index (χ3v) is 4.01. The van der Waals surface area contributed by atoms with E-state index in [9.17, 15) is 14.4 Å². The maximum Gasteiger partial charge on any atom is 0.338 e. The molecule has 1 N–H and O–H groups in total. The van der Waals surface area contributed by atoms with Crippen molar-refractivity contribution in [1.29, 1.82) is 0 Å². The predicted molar refractivity (Wildman–Crippen MR) is 89.0 cm³/mol. The van der Waals surface area contributed by atoms with Gasteiger partial charge in [-0.1, -0.05) is 15.9 Å². The average Bonchev–Trinajstić information content (AvgIpc) is 2.80. The molecule has 0 spiro atoms. The van der Waals surface area contributed by atoms with E-state index in [2.05, 4.69) is 20.9 Å². The molecule has 2 aromatic rings. The predicted octanol–water partition coefficient (Wildman–Crippen LogP) is 3.64. The van der Waals surface area contributed by atoms with E-state index in [1.807, 2.05) is 0 Å². The third kappa shape index (κ3) is 3.76. The molecule has 0 aliphatic rings. The highest BCUT2D eigenvalue weighted by atomic mass is 79.9. The van der Waals surface area contributed by atoms with Crippen LogP contribution in [0.5, 0.6) is 0 Å². The van der Waals surface area contributed by atoms with Crippen LogP contribution in [0, 0.1) is 13.8 Å². The minimum absolute atomic E-state index is 0.109. The standard InChI is InChI=1S/C17H16BrNO4/c1-9-15(11(3)20)10(2)19-16(9)14(21)8-23-17(22)12-4-6-13(18)7-5-12/h4-7,19H,8H2,1-3H3. The lowest BCUT2D eigenvalue weighted by molar-refractivity contribution is 0.0473. The molecule has 0 unspecified atom stereocenters. The van der Waals surface area contributed by atoms with E-state index in [0.717, 1.165) is 4.47 Å². The molecule has 1 heterocycles. The number of ketones is 2. The van der Waals surface area contributed by atoms with E-state index in [1.54, 1.807) is 38.1 Å². The number of Topliss-reactive ketones (excluding diaryl/α,β-unsaturated/α-hetero) is 2.